The maximum Gasteiger partial charge on any atom is 0.0953 e. The minimum Gasteiger partial charge on any atom is -0.389 e. The summed E-state index contributed by atoms with van der Waals surface area (Å²) in [4.78, 5) is 4.18. The van der Waals surface area contributed by atoms with Crippen molar-refractivity contribution in [3.8, 4) is 0 Å². The first-order valence-electron chi connectivity index (χ1n) is 4.39. The Hall–Kier alpha value is -0.410. The SMILES string of the molecule is OC1(Cc2nccs2)CCCC1. The first kappa shape index (κ1) is 8.20. The van der Waals surface area contributed by atoms with Crippen LogP contribution in [0.3, 0.4) is 0 Å². The molecule has 1 aliphatic rings. The molecule has 1 heterocycles. The van der Waals surface area contributed by atoms with E-state index < -0.39 is 5.60 Å². The highest BCUT2D eigenvalue weighted by Crippen LogP contribution is 2.32. The zero-order chi connectivity index (χ0) is 8.44. The second-order valence-electron chi connectivity index (χ2n) is 3.53. The molecular formula is C9H13NOS. The van der Waals surface area contributed by atoms with Crippen LogP contribution in [0.5, 0.6) is 0 Å². The molecule has 0 unspecified atom stereocenters. The lowest BCUT2D eigenvalue weighted by Gasteiger charge is -2.19. The summed E-state index contributed by atoms with van der Waals surface area (Å²) in [5.74, 6) is 0. The van der Waals surface area contributed by atoms with Gasteiger partial charge in [-0.15, -0.1) is 11.3 Å². The van der Waals surface area contributed by atoms with Crippen LogP contribution in [-0.2, 0) is 6.42 Å². The molecule has 0 radical (unpaired) electrons. The third-order valence-corrected chi connectivity index (χ3v) is 3.28. The summed E-state index contributed by atoms with van der Waals surface area (Å²) in [5, 5.41) is 13.1. The van der Waals surface area contributed by atoms with Gasteiger partial charge in [0.25, 0.3) is 0 Å². The lowest BCUT2D eigenvalue weighted by molar-refractivity contribution is 0.0481. The number of rotatable bonds is 2. The molecule has 0 saturated heterocycles. The minimum atomic E-state index is -0.433. The third kappa shape index (κ3) is 1.67. The second-order valence-corrected chi connectivity index (χ2v) is 4.51. The lowest BCUT2D eigenvalue weighted by Crippen LogP contribution is -2.26. The van der Waals surface area contributed by atoms with Gasteiger partial charge >= 0.3 is 0 Å². The average molecular weight is 183 g/mol. The van der Waals surface area contributed by atoms with E-state index in [1.165, 1.54) is 12.8 Å². The van der Waals surface area contributed by atoms with E-state index in [0.29, 0.717) is 0 Å². The molecule has 0 aromatic carbocycles. The Morgan fingerprint density at radius 2 is 2.25 bits per heavy atom. The summed E-state index contributed by atoms with van der Waals surface area (Å²) >= 11 is 1.64. The highest BCUT2D eigenvalue weighted by atomic mass is 32.1. The number of hydrogen-bond acceptors (Lipinski definition) is 3. The van der Waals surface area contributed by atoms with Gasteiger partial charge < -0.3 is 5.11 Å². The molecule has 66 valence electrons. The summed E-state index contributed by atoms with van der Waals surface area (Å²) in [5.41, 5.74) is -0.433. The number of thiazole rings is 1. The Kier molecular flexibility index (Phi) is 2.15. The molecule has 0 spiro atoms. The maximum atomic E-state index is 10.0. The highest BCUT2D eigenvalue weighted by molar-refractivity contribution is 7.09. The number of aromatic nitrogens is 1. The number of nitrogens with zero attached hydrogens (tertiary/aromatic N) is 1. The smallest absolute Gasteiger partial charge is 0.0953 e. The van der Waals surface area contributed by atoms with Gasteiger partial charge in [-0.25, -0.2) is 4.98 Å². The largest absolute Gasteiger partial charge is 0.389 e. The Morgan fingerprint density at radius 1 is 1.50 bits per heavy atom. The quantitative estimate of drug-likeness (QED) is 0.760. The van der Waals surface area contributed by atoms with Crippen molar-refractivity contribution < 1.29 is 5.11 Å². The van der Waals surface area contributed by atoms with Crippen LogP contribution in [0.4, 0.5) is 0 Å². The Morgan fingerprint density at radius 3 is 2.83 bits per heavy atom. The first-order valence-corrected chi connectivity index (χ1v) is 5.27. The van der Waals surface area contributed by atoms with E-state index >= 15 is 0 Å². The van der Waals surface area contributed by atoms with E-state index in [1.807, 2.05) is 5.38 Å². The summed E-state index contributed by atoms with van der Waals surface area (Å²) in [6, 6.07) is 0. The van der Waals surface area contributed by atoms with E-state index in [-0.39, 0.29) is 0 Å². The minimum absolute atomic E-state index is 0.433. The third-order valence-electron chi connectivity index (χ3n) is 2.50. The first-order chi connectivity index (χ1) is 5.79. The van der Waals surface area contributed by atoms with Gasteiger partial charge in [-0.2, -0.15) is 0 Å². The molecule has 2 nitrogen and oxygen atoms in total. The molecular weight excluding hydrogens is 170 g/mol. The van der Waals surface area contributed by atoms with Crippen molar-refractivity contribution in [3.63, 3.8) is 0 Å². The molecule has 1 fully saturated rings. The summed E-state index contributed by atoms with van der Waals surface area (Å²) in [6.45, 7) is 0. The molecule has 1 aromatic heterocycles. The van der Waals surface area contributed by atoms with Crippen molar-refractivity contribution in [2.24, 2.45) is 0 Å². The normalized spacial score (nSPS) is 21.4. The van der Waals surface area contributed by atoms with Crippen molar-refractivity contribution >= 4 is 11.3 Å². The van der Waals surface area contributed by atoms with Crippen molar-refractivity contribution in [3.05, 3.63) is 16.6 Å². The second kappa shape index (κ2) is 3.15. The zero-order valence-corrected chi connectivity index (χ0v) is 7.81. The average Bonchev–Trinajstić information content (AvgIpc) is 2.62. The predicted molar refractivity (Wildman–Crippen MR) is 49.2 cm³/mol. The molecule has 1 N–H and O–H groups in total. The topological polar surface area (TPSA) is 33.1 Å². The van der Waals surface area contributed by atoms with Gasteiger partial charge in [0.2, 0.25) is 0 Å². The molecule has 1 aromatic rings. The predicted octanol–water partition coefficient (Wildman–Crippen LogP) is 1.99. The molecule has 0 atom stereocenters. The van der Waals surface area contributed by atoms with Gasteiger partial charge in [-0.3, -0.25) is 0 Å². The molecule has 0 amide bonds. The fourth-order valence-corrected chi connectivity index (χ4v) is 2.58. The zero-order valence-electron chi connectivity index (χ0n) is 6.99. The van der Waals surface area contributed by atoms with Crippen molar-refractivity contribution in [2.45, 2.75) is 37.7 Å². The maximum absolute atomic E-state index is 10.0. The van der Waals surface area contributed by atoms with Gasteiger partial charge in [0, 0.05) is 18.0 Å². The number of aliphatic hydroxyl groups is 1. The summed E-state index contributed by atoms with van der Waals surface area (Å²) in [6.07, 6.45) is 6.80. The fourth-order valence-electron chi connectivity index (χ4n) is 1.83. The van der Waals surface area contributed by atoms with Crippen molar-refractivity contribution in [1.82, 2.24) is 4.98 Å². The van der Waals surface area contributed by atoms with E-state index in [9.17, 15) is 5.11 Å². The van der Waals surface area contributed by atoms with Crippen LogP contribution in [0.2, 0.25) is 0 Å². The van der Waals surface area contributed by atoms with Crippen LogP contribution in [0, 0.1) is 0 Å². The van der Waals surface area contributed by atoms with Gasteiger partial charge in [-0.05, 0) is 12.8 Å². The van der Waals surface area contributed by atoms with E-state index in [4.69, 9.17) is 0 Å². The molecule has 1 aliphatic carbocycles. The van der Waals surface area contributed by atoms with Gasteiger partial charge in [0.05, 0.1) is 10.6 Å². The Balaban J connectivity index is 2.02. The van der Waals surface area contributed by atoms with Crippen LogP contribution in [0.25, 0.3) is 0 Å². The van der Waals surface area contributed by atoms with Crippen LogP contribution in [0.15, 0.2) is 11.6 Å². The molecule has 0 bridgehead atoms. The molecule has 0 aliphatic heterocycles. The van der Waals surface area contributed by atoms with Crippen LogP contribution < -0.4 is 0 Å². The summed E-state index contributed by atoms with van der Waals surface area (Å²) in [7, 11) is 0. The van der Waals surface area contributed by atoms with Crippen LogP contribution in [0.1, 0.15) is 30.7 Å². The standard InChI is InChI=1S/C9H13NOS/c11-9(3-1-2-4-9)7-8-10-5-6-12-8/h5-6,11H,1-4,7H2. The Bertz CT molecular complexity index is 239. The molecule has 2 rings (SSSR count). The Labute approximate surface area is 76.3 Å². The van der Waals surface area contributed by atoms with Crippen LogP contribution >= 0.6 is 11.3 Å². The van der Waals surface area contributed by atoms with Crippen molar-refractivity contribution in [1.29, 1.82) is 0 Å². The van der Waals surface area contributed by atoms with Crippen molar-refractivity contribution in [2.75, 3.05) is 0 Å². The molecule has 3 heteroatoms. The number of hydrogen-bond donors (Lipinski definition) is 1. The van der Waals surface area contributed by atoms with Gasteiger partial charge in [0.1, 0.15) is 0 Å². The lowest BCUT2D eigenvalue weighted by atomic mass is 9.99. The molecule has 1 saturated carbocycles. The highest BCUT2D eigenvalue weighted by Gasteiger charge is 2.31. The van der Waals surface area contributed by atoms with Crippen LogP contribution in [-0.4, -0.2) is 15.7 Å². The van der Waals surface area contributed by atoms with Gasteiger partial charge in [0.15, 0.2) is 0 Å². The van der Waals surface area contributed by atoms with Gasteiger partial charge in [-0.1, -0.05) is 12.8 Å². The van der Waals surface area contributed by atoms with E-state index in [1.54, 1.807) is 17.5 Å². The van der Waals surface area contributed by atoms with E-state index in [0.717, 1.165) is 24.3 Å². The summed E-state index contributed by atoms with van der Waals surface area (Å²) < 4.78 is 0. The molecule has 12 heavy (non-hydrogen) atoms. The van der Waals surface area contributed by atoms with E-state index in [2.05, 4.69) is 4.98 Å². The fraction of sp³-hybridized carbons (Fsp3) is 0.667. The monoisotopic (exact) mass is 183 g/mol.